The fourth-order valence-electron chi connectivity index (χ4n) is 1.08. The zero-order valence-electron chi connectivity index (χ0n) is 8.58. The lowest BCUT2D eigenvalue weighted by Crippen LogP contribution is -2.20. The monoisotopic (exact) mass is 223 g/mol. The first-order valence-electron chi connectivity index (χ1n) is 4.80. The topological polar surface area (TPSA) is 90.1 Å². The van der Waals surface area contributed by atoms with Crippen molar-refractivity contribution in [1.29, 1.82) is 0 Å². The predicted molar refractivity (Wildman–Crippen MR) is 58.8 cm³/mol. The number of hydrogen-bond donors (Lipinski definition) is 3. The number of para-hydroxylation sites is 1. The second-order valence-electron chi connectivity index (χ2n) is 3.24. The molecule has 3 N–H and O–H groups in total. The van der Waals surface area contributed by atoms with Crippen LogP contribution in [0.15, 0.2) is 29.3 Å². The Hall–Kier alpha value is -1.88. The van der Waals surface area contributed by atoms with Gasteiger partial charge in [-0.1, -0.05) is 12.1 Å². The lowest BCUT2D eigenvalue weighted by molar-refractivity contribution is -0.146. The van der Waals surface area contributed by atoms with Gasteiger partial charge in [-0.25, -0.2) is 4.79 Å². The first-order valence-corrected chi connectivity index (χ1v) is 4.80. The van der Waals surface area contributed by atoms with Gasteiger partial charge in [-0.3, -0.25) is 4.99 Å². The minimum atomic E-state index is -1.39. The van der Waals surface area contributed by atoms with E-state index in [-0.39, 0.29) is 18.7 Å². The van der Waals surface area contributed by atoms with Gasteiger partial charge in [0.1, 0.15) is 5.75 Å². The van der Waals surface area contributed by atoms with E-state index in [1.807, 2.05) is 0 Å². The number of aliphatic hydroxyl groups is 1. The molecule has 0 saturated carbocycles. The highest BCUT2D eigenvalue weighted by Crippen LogP contribution is 2.12. The number of rotatable bonds is 5. The number of aliphatic hydroxyl groups excluding tert-OH is 1. The summed E-state index contributed by atoms with van der Waals surface area (Å²) in [6.45, 7) is 0.196. The van der Waals surface area contributed by atoms with E-state index in [2.05, 4.69) is 4.99 Å². The van der Waals surface area contributed by atoms with E-state index in [1.165, 1.54) is 12.3 Å². The Balaban J connectivity index is 2.44. The van der Waals surface area contributed by atoms with Gasteiger partial charge >= 0.3 is 5.97 Å². The zero-order valence-corrected chi connectivity index (χ0v) is 8.58. The van der Waals surface area contributed by atoms with E-state index < -0.39 is 12.1 Å². The number of aliphatic carboxylic acids is 1. The van der Waals surface area contributed by atoms with Crippen molar-refractivity contribution in [1.82, 2.24) is 0 Å². The van der Waals surface area contributed by atoms with Crippen LogP contribution in [-0.2, 0) is 4.79 Å². The molecule has 0 aromatic heterocycles. The van der Waals surface area contributed by atoms with Crippen molar-refractivity contribution in [3.63, 3.8) is 0 Å². The number of benzene rings is 1. The first kappa shape index (κ1) is 12.2. The summed E-state index contributed by atoms with van der Waals surface area (Å²) in [7, 11) is 0. The summed E-state index contributed by atoms with van der Waals surface area (Å²) in [6.07, 6.45) is 0.116. The molecule has 1 rings (SSSR count). The first-order chi connectivity index (χ1) is 7.61. The second kappa shape index (κ2) is 5.87. The van der Waals surface area contributed by atoms with Crippen LogP contribution in [-0.4, -0.2) is 40.2 Å². The van der Waals surface area contributed by atoms with Crippen molar-refractivity contribution < 1.29 is 20.1 Å². The number of phenols is 1. The van der Waals surface area contributed by atoms with Gasteiger partial charge in [0.15, 0.2) is 6.10 Å². The normalized spacial score (nSPS) is 12.8. The second-order valence-corrected chi connectivity index (χ2v) is 3.24. The average molecular weight is 223 g/mol. The minimum Gasteiger partial charge on any atom is -0.507 e. The molecule has 1 aromatic carbocycles. The summed E-state index contributed by atoms with van der Waals surface area (Å²) < 4.78 is 0. The van der Waals surface area contributed by atoms with Crippen LogP contribution in [0.4, 0.5) is 0 Å². The number of aromatic hydroxyl groups is 1. The van der Waals surface area contributed by atoms with Crippen molar-refractivity contribution in [3.8, 4) is 5.75 Å². The molecule has 1 atom stereocenters. The van der Waals surface area contributed by atoms with Crippen molar-refractivity contribution in [2.75, 3.05) is 6.54 Å². The van der Waals surface area contributed by atoms with Crippen molar-refractivity contribution in [2.45, 2.75) is 12.5 Å². The Morgan fingerprint density at radius 3 is 2.75 bits per heavy atom. The fourth-order valence-corrected chi connectivity index (χ4v) is 1.08. The smallest absolute Gasteiger partial charge is 0.332 e. The highest BCUT2D eigenvalue weighted by Gasteiger charge is 2.11. The molecular weight excluding hydrogens is 210 g/mol. The minimum absolute atomic E-state index is 0.0550. The number of hydrogen-bond acceptors (Lipinski definition) is 4. The van der Waals surface area contributed by atoms with Crippen LogP contribution in [0.1, 0.15) is 12.0 Å². The molecule has 5 nitrogen and oxygen atoms in total. The third-order valence-corrected chi connectivity index (χ3v) is 1.98. The lowest BCUT2D eigenvalue weighted by Gasteiger charge is -2.01. The molecule has 0 spiro atoms. The molecule has 0 aliphatic heterocycles. The third-order valence-electron chi connectivity index (χ3n) is 1.98. The third kappa shape index (κ3) is 3.70. The highest BCUT2D eigenvalue weighted by molar-refractivity contribution is 5.83. The van der Waals surface area contributed by atoms with E-state index in [0.717, 1.165) is 0 Å². The number of carboxylic acid groups (broad SMARTS) is 1. The number of carboxylic acids is 1. The van der Waals surface area contributed by atoms with Crippen LogP contribution in [0.5, 0.6) is 5.75 Å². The summed E-state index contributed by atoms with van der Waals surface area (Å²) in [6, 6.07) is 6.67. The van der Waals surface area contributed by atoms with Crippen LogP contribution in [0.3, 0.4) is 0 Å². The van der Waals surface area contributed by atoms with E-state index in [0.29, 0.717) is 5.56 Å². The maximum Gasteiger partial charge on any atom is 0.332 e. The number of nitrogens with zero attached hydrogens (tertiary/aromatic N) is 1. The van der Waals surface area contributed by atoms with Gasteiger partial charge < -0.3 is 15.3 Å². The van der Waals surface area contributed by atoms with Crippen LogP contribution < -0.4 is 0 Å². The van der Waals surface area contributed by atoms with Crippen LogP contribution in [0, 0.1) is 0 Å². The Bertz CT molecular complexity index is 389. The summed E-state index contributed by atoms with van der Waals surface area (Å²) >= 11 is 0. The quantitative estimate of drug-likeness (QED) is 0.639. The van der Waals surface area contributed by atoms with Crippen LogP contribution in [0.2, 0.25) is 0 Å². The van der Waals surface area contributed by atoms with E-state index in [1.54, 1.807) is 18.2 Å². The summed E-state index contributed by atoms with van der Waals surface area (Å²) in [4.78, 5) is 14.2. The summed E-state index contributed by atoms with van der Waals surface area (Å²) in [5.74, 6) is -1.14. The van der Waals surface area contributed by atoms with Gasteiger partial charge in [0.25, 0.3) is 0 Å². The van der Waals surface area contributed by atoms with Gasteiger partial charge in [-0.2, -0.15) is 0 Å². The lowest BCUT2D eigenvalue weighted by atomic mass is 10.2. The van der Waals surface area contributed by atoms with Crippen molar-refractivity contribution in [2.24, 2.45) is 4.99 Å². The van der Waals surface area contributed by atoms with Crippen LogP contribution in [0.25, 0.3) is 0 Å². The molecular formula is C11H13NO4. The van der Waals surface area contributed by atoms with Gasteiger partial charge in [-0.05, 0) is 12.1 Å². The van der Waals surface area contributed by atoms with E-state index in [4.69, 9.17) is 10.2 Å². The molecule has 0 radical (unpaired) electrons. The molecule has 0 fully saturated rings. The molecule has 16 heavy (non-hydrogen) atoms. The molecule has 0 aliphatic rings. The standard InChI is InChI=1S/C11H13NO4/c13-9-4-2-1-3-8(9)7-12-6-5-10(14)11(15)16/h1-4,7,10,13-14H,5-6H2,(H,15,16)/t10-/m0/s1. The molecule has 5 heteroatoms. The molecule has 0 amide bonds. The van der Waals surface area contributed by atoms with Gasteiger partial charge in [-0.15, -0.1) is 0 Å². The Morgan fingerprint density at radius 2 is 2.12 bits per heavy atom. The zero-order chi connectivity index (χ0) is 12.0. The number of aliphatic imine (C=N–C) groups is 1. The molecule has 1 aromatic rings. The number of carbonyl (C=O) groups is 1. The maximum absolute atomic E-state index is 10.3. The molecule has 0 heterocycles. The van der Waals surface area contributed by atoms with Crippen LogP contribution >= 0.6 is 0 Å². The molecule has 0 bridgehead atoms. The largest absolute Gasteiger partial charge is 0.507 e. The molecule has 0 aliphatic carbocycles. The van der Waals surface area contributed by atoms with Gasteiger partial charge in [0.05, 0.1) is 0 Å². The molecule has 86 valence electrons. The molecule has 0 saturated heterocycles. The Kier molecular flexibility index (Phi) is 4.47. The van der Waals surface area contributed by atoms with Gasteiger partial charge in [0, 0.05) is 24.7 Å². The van der Waals surface area contributed by atoms with Crippen molar-refractivity contribution in [3.05, 3.63) is 29.8 Å². The van der Waals surface area contributed by atoms with E-state index in [9.17, 15) is 9.90 Å². The van der Waals surface area contributed by atoms with E-state index >= 15 is 0 Å². The SMILES string of the molecule is O=C(O)[C@@H](O)CCN=Cc1ccccc1O. The maximum atomic E-state index is 10.3. The Morgan fingerprint density at radius 1 is 1.44 bits per heavy atom. The fraction of sp³-hybridized carbons (Fsp3) is 0.273. The summed E-state index contributed by atoms with van der Waals surface area (Å²) in [5.41, 5.74) is 0.562. The number of phenolic OH excluding ortho intramolecular Hbond substituents is 1. The Labute approximate surface area is 92.7 Å². The average Bonchev–Trinajstić information content (AvgIpc) is 2.26. The van der Waals surface area contributed by atoms with Crippen molar-refractivity contribution >= 4 is 12.2 Å². The highest BCUT2D eigenvalue weighted by atomic mass is 16.4. The summed E-state index contributed by atoms with van der Waals surface area (Å²) in [5, 5.41) is 26.7. The molecule has 0 unspecified atom stereocenters. The predicted octanol–water partition coefficient (Wildman–Crippen LogP) is 0.647. The van der Waals surface area contributed by atoms with Gasteiger partial charge in [0.2, 0.25) is 0 Å².